The first-order chi connectivity index (χ1) is 10.6. The number of hydrogen-bond donors (Lipinski definition) is 1. The summed E-state index contributed by atoms with van der Waals surface area (Å²) in [7, 11) is 0. The van der Waals surface area contributed by atoms with Gasteiger partial charge in [0.2, 0.25) is 0 Å². The van der Waals surface area contributed by atoms with E-state index in [2.05, 4.69) is 32.9 Å². The molecule has 1 amide bonds. The molecule has 1 aliphatic heterocycles. The highest BCUT2D eigenvalue weighted by atomic mass is 16.5. The summed E-state index contributed by atoms with van der Waals surface area (Å²) in [5.74, 6) is 0.917. The van der Waals surface area contributed by atoms with Gasteiger partial charge in [-0.2, -0.15) is 0 Å². The molecule has 128 valence electrons. The van der Waals surface area contributed by atoms with Crippen LogP contribution in [0.3, 0.4) is 0 Å². The number of benzene rings is 1. The van der Waals surface area contributed by atoms with Gasteiger partial charge in [-0.15, -0.1) is 0 Å². The lowest BCUT2D eigenvalue weighted by atomic mass is 9.86. The largest absolute Gasteiger partial charge is 0.478 e. The van der Waals surface area contributed by atoms with E-state index in [1.807, 2.05) is 31.7 Å². The molecule has 0 saturated carbocycles. The molecule has 0 aromatic heterocycles. The molecule has 0 spiro atoms. The number of rotatable bonds is 4. The molecule has 4 nitrogen and oxygen atoms in total. The van der Waals surface area contributed by atoms with Crippen LogP contribution in [0, 0.1) is 5.92 Å². The van der Waals surface area contributed by atoms with Crippen molar-refractivity contribution in [1.82, 2.24) is 0 Å². The molecule has 0 fully saturated rings. The maximum absolute atomic E-state index is 12.9. The molecule has 1 aliphatic rings. The summed E-state index contributed by atoms with van der Waals surface area (Å²) in [6.07, 6.45) is 0.401. The Labute approximate surface area is 140 Å². The van der Waals surface area contributed by atoms with E-state index in [-0.39, 0.29) is 23.3 Å². The van der Waals surface area contributed by atoms with Gasteiger partial charge in [-0.3, -0.25) is 4.79 Å². The molecular weight excluding hydrogens is 288 g/mol. The highest BCUT2D eigenvalue weighted by Gasteiger charge is 2.37. The number of carbonyl (C=O) groups excluding carboxylic acids is 1. The average Bonchev–Trinajstić information content (AvgIpc) is 2.47. The summed E-state index contributed by atoms with van der Waals surface area (Å²) in [5, 5.41) is 0. The van der Waals surface area contributed by atoms with Gasteiger partial charge in [0.05, 0.1) is 5.69 Å². The molecule has 2 atom stereocenters. The average molecular weight is 318 g/mol. The van der Waals surface area contributed by atoms with Crippen molar-refractivity contribution < 1.29 is 9.53 Å². The van der Waals surface area contributed by atoms with Crippen LogP contribution in [0.5, 0.6) is 5.75 Å². The fraction of sp³-hybridized carbons (Fsp3) is 0.632. The van der Waals surface area contributed by atoms with Gasteiger partial charge in [-0.05, 0) is 35.4 Å². The Balaban J connectivity index is 2.48. The van der Waals surface area contributed by atoms with Crippen LogP contribution in [-0.2, 0) is 10.2 Å². The van der Waals surface area contributed by atoms with Gasteiger partial charge in [0.25, 0.3) is 5.91 Å². The van der Waals surface area contributed by atoms with E-state index in [0.717, 1.165) is 17.9 Å². The van der Waals surface area contributed by atoms with E-state index >= 15 is 0 Å². The third-order valence-corrected chi connectivity index (χ3v) is 4.43. The number of nitrogens with zero attached hydrogens (tertiary/aromatic N) is 1. The van der Waals surface area contributed by atoms with Gasteiger partial charge in [0.15, 0.2) is 6.10 Å². The van der Waals surface area contributed by atoms with Gasteiger partial charge in [0, 0.05) is 12.6 Å². The molecule has 0 radical (unpaired) electrons. The second-order valence-corrected chi connectivity index (χ2v) is 7.83. The zero-order valence-corrected chi connectivity index (χ0v) is 15.2. The normalized spacial score (nSPS) is 19.6. The third-order valence-electron chi connectivity index (χ3n) is 4.43. The first-order valence-corrected chi connectivity index (χ1v) is 8.53. The fourth-order valence-corrected chi connectivity index (χ4v) is 2.73. The predicted molar refractivity (Wildman–Crippen MR) is 95.0 cm³/mol. The summed E-state index contributed by atoms with van der Waals surface area (Å²) < 4.78 is 5.99. The van der Waals surface area contributed by atoms with Crippen LogP contribution in [0.4, 0.5) is 5.69 Å². The Bertz CT molecular complexity index is 575. The van der Waals surface area contributed by atoms with Crippen molar-refractivity contribution in [1.29, 1.82) is 0 Å². The van der Waals surface area contributed by atoms with Crippen LogP contribution in [0.2, 0.25) is 0 Å². The molecule has 2 rings (SSSR count). The molecule has 1 aromatic rings. The Hall–Kier alpha value is -1.55. The Morgan fingerprint density at radius 2 is 1.96 bits per heavy atom. The van der Waals surface area contributed by atoms with E-state index in [0.29, 0.717) is 6.54 Å². The first-order valence-electron chi connectivity index (χ1n) is 8.53. The molecule has 2 unspecified atom stereocenters. The highest BCUT2D eigenvalue weighted by Crippen LogP contribution is 2.39. The second-order valence-electron chi connectivity index (χ2n) is 7.83. The van der Waals surface area contributed by atoms with Crippen molar-refractivity contribution in [2.45, 2.75) is 65.5 Å². The van der Waals surface area contributed by atoms with Gasteiger partial charge < -0.3 is 15.4 Å². The minimum atomic E-state index is -0.438. The topological polar surface area (TPSA) is 55.6 Å². The summed E-state index contributed by atoms with van der Waals surface area (Å²) in [5.41, 5.74) is 8.19. The maximum atomic E-state index is 12.9. The van der Waals surface area contributed by atoms with Crippen molar-refractivity contribution >= 4 is 11.6 Å². The number of amides is 1. The zero-order chi connectivity index (χ0) is 17.4. The van der Waals surface area contributed by atoms with Crippen molar-refractivity contribution in [2.75, 3.05) is 11.4 Å². The molecule has 2 N–H and O–H groups in total. The van der Waals surface area contributed by atoms with Crippen LogP contribution in [0.15, 0.2) is 18.2 Å². The monoisotopic (exact) mass is 318 g/mol. The number of hydrogen-bond acceptors (Lipinski definition) is 3. The summed E-state index contributed by atoms with van der Waals surface area (Å²) in [4.78, 5) is 14.7. The summed E-state index contributed by atoms with van der Waals surface area (Å²) >= 11 is 0. The van der Waals surface area contributed by atoms with Crippen molar-refractivity contribution in [3.8, 4) is 5.75 Å². The molecule has 0 saturated heterocycles. The number of anilines is 1. The lowest BCUT2D eigenvalue weighted by Gasteiger charge is -2.38. The SMILES string of the molecule is CCC(N)CN1C(=O)C(C(C)C)Oc2ccc(C(C)(C)C)cc21. The molecule has 1 aromatic carbocycles. The molecule has 4 heteroatoms. The molecule has 0 bridgehead atoms. The Morgan fingerprint density at radius 1 is 1.30 bits per heavy atom. The van der Waals surface area contributed by atoms with E-state index < -0.39 is 6.10 Å². The third kappa shape index (κ3) is 3.69. The van der Waals surface area contributed by atoms with Crippen LogP contribution < -0.4 is 15.4 Å². The van der Waals surface area contributed by atoms with Crippen LogP contribution in [-0.4, -0.2) is 24.6 Å². The minimum absolute atomic E-state index is 0.0162. The zero-order valence-electron chi connectivity index (χ0n) is 15.2. The van der Waals surface area contributed by atoms with E-state index in [9.17, 15) is 4.79 Å². The number of ether oxygens (including phenoxy) is 1. The number of carbonyl (C=O) groups is 1. The lowest BCUT2D eigenvalue weighted by Crippen LogP contribution is -2.51. The molecular formula is C19H30N2O2. The summed E-state index contributed by atoms with van der Waals surface area (Å²) in [6.45, 7) is 13.1. The standard InChI is InChI=1S/C19H30N2O2/c1-7-14(20)11-21-15-10-13(19(4,5)6)8-9-16(15)23-17(12(2)3)18(21)22/h8-10,12,14,17H,7,11,20H2,1-6H3. The van der Waals surface area contributed by atoms with Gasteiger partial charge in [-0.1, -0.05) is 47.6 Å². The Morgan fingerprint density at radius 3 is 2.48 bits per heavy atom. The van der Waals surface area contributed by atoms with Crippen molar-refractivity contribution in [3.63, 3.8) is 0 Å². The number of fused-ring (bicyclic) bond motifs is 1. The smallest absolute Gasteiger partial charge is 0.268 e. The molecule has 1 heterocycles. The van der Waals surface area contributed by atoms with Gasteiger partial charge in [0.1, 0.15) is 5.75 Å². The molecule has 0 aliphatic carbocycles. The van der Waals surface area contributed by atoms with Crippen LogP contribution in [0.1, 0.15) is 53.5 Å². The van der Waals surface area contributed by atoms with Gasteiger partial charge >= 0.3 is 0 Å². The van der Waals surface area contributed by atoms with E-state index in [1.165, 1.54) is 5.56 Å². The summed E-state index contributed by atoms with van der Waals surface area (Å²) in [6, 6.07) is 6.12. The first kappa shape index (κ1) is 17.8. The number of nitrogens with two attached hydrogens (primary N) is 1. The second kappa shape index (κ2) is 6.52. The van der Waals surface area contributed by atoms with Crippen LogP contribution in [0.25, 0.3) is 0 Å². The van der Waals surface area contributed by atoms with Crippen molar-refractivity contribution in [2.24, 2.45) is 11.7 Å². The molecule has 23 heavy (non-hydrogen) atoms. The fourth-order valence-electron chi connectivity index (χ4n) is 2.73. The van der Waals surface area contributed by atoms with Crippen molar-refractivity contribution in [3.05, 3.63) is 23.8 Å². The quantitative estimate of drug-likeness (QED) is 0.925. The predicted octanol–water partition coefficient (Wildman–Crippen LogP) is 3.47. The highest BCUT2D eigenvalue weighted by molar-refractivity contribution is 6.00. The van der Waals surface area contributed by atoms with E-state index in [1.54, 1.807) is 0 Å². The van der Waals surface area contributed by atoms with Gasteiger partial charge in [-0.25, -0.2) is 0 Å². The lowest BCUT2D eigenvalue weighted by molar-refractivity contribution is -0.128. The Kier molecular flexibility index (Phi) is 5.04. The van der Waals surface area contributed by atoms with E-state index in [4.69, 9.17) is 10.5 Å². The van der Waals surface area contributed by atoms with Crippen LogP contribution >= 0.6 is 0 Å². The maximum Gasteiger partial charge on any atom is 0.268 e. The minimum Gasteiger partial charge on any atom is -0.478 e.